The van der Waals surface area contributed by atoms with Crippen LogP contribution >= 0.6 is 0 Å². The number of ether oxygens (including phenoxy) is 2. The zero-order valence-corrected chi connectivity index (χ0v) is 21.9. The third-order valence-corrected chi connectivity index (χ3v) is 7.77. The van der Waals surface area contributed by atoms with Crippen molar-refractivity contribution < 1.29 is 31.2 Å². The Morgan fingerprint density at radius 3 is 2.68 bits per heavy atom. The van der Waals surface area contributed by atoms with E-state index in [0.29, 0.717) is 36.1 Å². The number of halogens is 4. The highest BCUT2D eigenvalue weighted by Crippen LogP contribution is 2.41. The number of nitrogens with one attached hydrogen (secondary N) is 2. The number of nitrogens with zero attached hydrogens (tertiary/aromatic N) is 2. The van der Waals surface area contributed by atoms with Crippen molar-refractivity contribution in [2.24, 2.45) is 0 Å². The molecular weight excluding hydrogens is 512 g/mol. The van der Waals surface area contributed by atoms with Crippen molar-refractivity contribution >= 4 is 27.5 Å². The van der Waals surface area contributed by atoms with Crippen molar-refractivity contribution in [3.8, 4) is 5.75 Å². The molecule has 7 nitrogen and oxygen atoms in total. The van der Waals surface area contributed by atoms with Gasteiger partial charge in [-0.1, -0.05) is 18.2 Å². The third-order valence-electron chi connectivity index (χ3n) is 6.57. The van der Waals surface area contributed by atoms with Crippen molar-refractivity contribution in [2.75, 3.05) is 31.7 Å². The van der Waals surface area contributed by atoms with Crippen LogP contribution in [0.1, 0.15) is 44.4 Å². The van der Waals surface area contributed by atoms with Gasteiger partial charge in [-0.2, -0.15) is 13.2 Å². The van der Waals surface area contributed by atoms with Crippen LogP contribution in [-0.2, 0) is 21.3 Å². The molecule has 0 aliphatic carbocycles. The highest BCUT2D eigenvalue weighted by molar-refractivity contribution is 7.84. The Labute approximate surface area is 215 Å². The second-order valence-corrected chi connectivity index (χ2v) is 10.3. The van der Waals surface area contributed by atoms with Crippen LogP contribution in [0.2, 0.25) is 0 Å². The van der Waals surface area contributed by atoms with E-state index in [2.05, 4.69) is 20.2 Å². The first kappa shape index (κ1) is 27.3. The Hall–Kier alpha value is -2.70. The van der Waals surface area contributed by atoms with Gasteiger partial charge in [0.15, 0.2) is 16.7 Å². The third kappa shape index (κ3) is 5.32. The van der Waals surface area contributed by atoms with Crippen LogP contribution in [0.4, 0.5) is 23.2 Å². The zero-order chi connectivity index (χ0) is 27.0. The summed E-state index contributed by atoms with van der Waals surface area (Å²) in [6.07, 6.45) is -4.17. The normalized spacial score (nSPS) is 18.5. The van der Waals surface area contributed by atoms with E-state index < -0.39 is 34.6 Å². The number of hydrogen-bond donors (Lipinski definition) is 2. The lowest BCUT2D eigenvalue weighted by atomic mass is 9.92. The van der Waals surface area contributed by atoms with Gasteiger partial charge in [0.2, 0.25) is 5.72 Å². The minimum atomic E-state index is -4.62. The number of methoxy groups -OCH3 is 1. The number of para-hydroxylation sites is 1. The van der Waals surface area contributed by atoms with Crippen LogP contribution in [0.25, 0.3) is 11.0 Å². The van der Waals surface area contributed by atoms with Crippen LogP contribution in [0.3, 0.4) is 0 Å². The summed E-state index contributed by atoms with van der Waals surface area (Å²) in [6.45, 7) is 5.54. The van der Waals surface area contributed by atoms with E-state index in [1.807, 2.05) is 13.0 Å². The van der Waals surface area contributed by atoms with Crippen molar-refractivity contribution in [3.05, 3.63) is 47.3 Å². The number of rotatable bonds is 9. The fraction of sp³-hybridized carbons (Fsp3) is 0.480. The fourth-order valence-electron chi connectivity index (χ4n) is 4.70. The molecule has 1 aromatic heterocycles. The summed E-state index contributed by atoms with van der Waals surface area (Å²) >= 11 is 0. The molecule has 0 amide bonds. The van der Waals surface area contributed by atoms with Gasteiger partial charge in [-0.25, -0.2) is 9.37 Å². The quantitative estimate of drug-likeness (QED) is 0.286. The molecule has 3 aromatic rings. The van der Waals surface area contributed by atoms with E-state index >= 15 is 0 Å². The van der Waals surface area contributed by atoms with Gasteiger partial charge in [-0.15, -0.1) is 0 Å². The SMILES string of the molecule is CCOC(C)(NC1CCN(CC)c2c(CS(=O)c3nc4cc(OC)c(F)cc4[nH]3)cccc21)C(F)(F)F. The first-order chi connectivity index (χ1) is 17.5. The Bertz CT molecular complexity index is 1300. The number of alkyl halides is 3. The number of aromatic nitrogens is 2. The molecule has 0 bridgehead atoms. The predicted molar refractivity (Wildman–Crippen MR) is 134 cm³/mol. The standard InChI is InChI=1S/C25H30F4N4O3S/c1-5-33-11-10-18(32-24(3,36-6-2)25(27,28)29)16-9-7-8-15(22(16)33)14-37(34)23-30-19-12-17(26)21(35-4)13-20(19)31-23/h7-9,12-13,18,32H,5-6,10-11,14H2,1-4H3,(H,30,31). The molecule has 0 fully saturated rings. The topological polar surface area (TPSA) is 79.5 Å². The Morgan fingerprint density at radius 1 is 1.27 bits per heavy atom. The molecule has 3 unspecified atom stereocenters. The molecule has 37 heavy (non-hydrogen) atoms. The maximum atomic E-state index is 14.1. The van der Waals surface area contributed by atoms with Gasteiger partial charge < -0.3 is 19.4 Å². The Balaban J connectivity index is 1.67. The zero-order valence-electron chi connectivity index (χ0n) is 21.0. The van der Waals surface area contributed by atoms with E-state index in [4.69, 9.17) is 9.47 Å². The lowest BCUT2D eigenvalue weighted by molar-refractivity contribution is -0.285. The van der Waals surface area contributed by atoms with E-state index in [1.165, 1.54) is 26.2 Å². The highest BCUT2D eigenvalue weighted by Gasteiger charge is 2.53. The van der Waals surface area contributed by atoms with Gasteiger partial charge in [-0.05, 0) is 38.3 Å². The maximum Gasteiger partial charge on any atom is 0.430 e. The first-order valence-corrected chi connectivity index (χ1v) is 13.3. The fourth-order valence-corrected chi connectivity index (χ4v) is 5.78. The van der Waals surface area contributed by atoms with E-state index in [-0.39, 0.29) is 23.3 Å². The molecule has 2 aromatic carbocycles. The average Bonchev–Trinajstić information content (AvgIpc) is 3.26. The number of anilines is 1. The predicted octanol–water partition coefficient (Wildman–Crippen LogP) is 5.19. The minimum Gasteiger partial charge on any atom is -0.494 e. The summed E-state index contributed by atoms with van der Waals surface area (Å²) in [5.74, 6) is -0.458. The molecule has 3 atom stereocenters. The summed E-state index contributed by atoms with van der Waals surface area (Å²) in [4.78, 5) is 9.33. The van der Waals surface area contributed by atoms with E-state index in [0.717, 1.165) is 18.2 Å². The van der Waals surface area contributed by atoms with Crippen molar-refractivity contribution in [1.82, 2.24) is 15.3 Å². The first-order valence-electron chi connectivity index (χ1n) is 12.0. The molecule has 0 radical (unpaired) electrons. The second kappa shape index (κ2) is 10.6. The molecule has 12 heteroatoms. The molecule has 1 aliphatic heterocycles. The van der Waals surface area contributed by atoms with Crippen LogP contribution in [0, 0.1) is 5.82 Å². The van der Waals surface area contributed by atoms with Gasteiger partial charge in [0.05, 0.1) is 34.7 Å². The second-order valence-electron chi connectivity index (χ2n) is 8.92. The number of imidazole rings is 1. The number of H-pyrrole nitrogens is 1. The smallest absolute Gasteiger partial charge is 0.430 e. The molecular formula is C25H30F4N4O3S. The maximum absolute atomic E-state index is 14.1. The molecule has 0 spiro atoms. The molecule has 0 saturated carbocycles. The average molecular weight is 543 g/mol. The van der Waals surface area contributed by atoms with Crippen molar-refractivity contribution in [3.63, 3.8) is 0 Å². The number of aromatic amines is 1. The summed E-state index contributed by atoms with van der Waals surface area (Å²) in [7, 11) is -0.277. The number of benzene rings is 2. The highest BCUT2D eigenvalue weighted by atomic mass is 32.2. The number of fused-ring (bicyclic) bond motifs is 2. The molecule has 202 valence electrons. The lowest BCUT2D eigenvalue weighted by Crippen LogP contribution is -2.58. The molecule has 4 rings (SSSR count). The van der Waals surface area contributed by atoms with Gasteiger partial charge in [0.1, 0.15) is 0 Å². The van der Waals surface area contributed by atoms with Crippen molar-refractivity contribution in [1.29, 1.82) is 0 Å². The Morgan fingerprint density at radius 2 is 2.03 bits per heavy atom. The minimum absolute atomic E-state index is 0.0310. The molecule has 2 heterocycles. The number of hydrogen-bond acceptors (Lipinski definition) is 6. The van der Waals surface area contributed by atoms with Gasteiger partial charge in [0, 0.05) is 43.6 Å². The van der Waals surface area contributed by atoms with Crippen LogP contribution < -0.4 is 15.0 Å². The van der Waals surface area contributed by atoms with Crippen LogP contribution in [0.15, 0.2) is 35.5 Å². The van der Waals surface area contributed by atoms with Gasteiger partial charge in [0.25, 0.3) is 0 Å². The van der Waals surface area contributed by atoms with E-state index in [9.17, 15) is 21.8 Å². The van der Waals surface area contributed by atoms with E-state index in [1.54, 1.807) is 12.1 Å². The molecule has 2 N–H and O–H groups in total. The largest absolute Gasteiger partial charge is 0.494 e. The van der Waals surface area contributed by atoms with Crippen molar-refractivity contribution in [2.45, 2.75) is 56.0 Å². The Kier molecular flexibility index (Phi) is 7.82. The lowest BCUT2D eigenvalue weighted by Gasteiger charge is -2.42. The molecule has 1 aliphatic rings. The van der Waals surface area contributed by atoms with Gasteiger partial charge >= 0.3 is 6.18 Å². The van der Waals surface area contributed by atoms with Crippen LogP contribution in [0.5, 0.6) is 5.75 Å². The summed E-state index contributed by atoms with van der Waals surface area (Å²) < 4.78 is 79.2. The summed E-state index contributed by atoms with van der Waals surface area (Å²) in [5.41, 5.74) is 0.457. The molecule has 0 saturated heterocycles. The monoisotopic (exact) mass is 542 g/mol. The van der Waals surface area contributed by atoms with Gasteiger partial charge in [-0.3, -0.25) is 9.53 Å². The summed E-state index contributed by atoms with van der Waals surface area (Å²) in [6, 6.07) is 7.41. The summed E-state index contributed by atoms with van der Waals surface area (Å²) in [5, 5.41) is 2.88. The van der Waals surface area contributed by atoms with Crippen LogP contribution in [-0.4, -0.2) is 52.9 Å².